The zero-order valence-corrected chi connectivity index (χ0v) is 13.5. The number of hydrogen-bond acceptors (Lipinski definition) is 4. The quantitative estimate of drug-likeness (QED) is 0.870. The average Bonchev–Trinajstić information content (AvgIpc) is 2.96. The first-order chi connectivity index (χ1) is 8.79. The van der Waals surface area contributed by atoms with Crippen LogP contribution in [0.5, 0.6) is 0 Å². The van der Waals surface area contributed by atoms with Gasteiger partial charge >= 0.3 is 0 Å². The molecule has 0 aliphatic carbocycles. The normalized spacial score (nSPS) is 12.9. The first-order valence-electron chi connectivity index (χ1n) is 6.38. The second-order valence-corrected chi connectivity index (χ2v) is 7.76. The predicted molar refractivity (Wildman–Crippen MR) is 84.8 cm³/mol. The lowest BCUT2D eigenvalue weighted by atomic mass is 9.86. The third-order valence-corrected chi connectivity index (χ3v) is 5.55. The molecule has 4 heteroatoms. The minimum Gasteiger partial charge on any atom is -0.389 e. The van der Waals surface area contributed by atoms with Crippen LogP contribution in [0.2, 0.25) is 0 Å². The molecule has 0 bridgehead atoms. The maximum absolute atomic E-state index is 10.1. The van der Waals surface area contributed by atoms with Crippen LogP contribution in [-0.2, 0) is 6.54 Å². The van der Waals surface area contributed by atoms with Gasteiger partial charge in [0.2, 0.25) is 0 Å². The molecule has 0 amide bonds. The smallest absolute Gasteiger partial charge is 0.0767 e. The molecule has 0 aromatic carbocycles. The summed E-state index contributed by atoms with van der Waals surface area (Å²) in [6.45, 7) is 8.52. The van der Waals surface area contributed by atoms with E-state index in [0.29, 0.717) is 0 Å². The summed E-state index contributed by atoms with van der Waals surface area (Å²) in [5.41, 5.74) is 0.221. The van der Waals surface area contributed by atoms with Gasteiger partial charge in [-0.25, -0.2) is 0 Å². The largest absolute Gasteiger partial charge is 0.389 e. The van der Waals surface area contributed by atoms with Crippen molar-refractivity contribution >= 4 is 22.7 Å². The second kappa shape index (κ2) is 5.37. The molecule has 2 N–H and O–H groups in total. The van der Waals surface area contributed by atoms with E-state index in [1.165, 1.54) is 15.3 Å². The third kappa shape index (κ3) is 3.45. The molecule has 0 aliphatic rings. The molecule has 0 spiro atoms. The average molecular weight is 295 g/mol. The van der Waals surface area contributed by atoms with Crippen molar-refractivity contribution in [2.45, 2.75) is 45.4 Å². The Kier molecular flexibility index (Phi) is 4.16. The molecular weight excluding hydrogens is 274 g/mol. The van der Waals surface area contributed by atoms with E-state index in [-0.39, 0.29) is 5.54 Å². The summed E-state index contributed by atoms with van der Waals surface area (Å²) in [6.07, 6.45) is 0. The zero-order valence-electron chi connectivity index (χ0n) is 11.9. The lowest BCUT2D eigenvalue weighted by Crippen LogP contribution is -2.55. The van der Waals surface area contributed by atoms with E-state index < -0.39 is 5.60 Å². The summed E-state index contributed by atoms with van der Waals surface area (Å²) in [5.74, 6) is 0. The molecule has 0 radical (unpaired) electrons. The van der Waals surface area contributed by atoms with Gasteiger partial charge in [0.25, 0.3) is 0 Å². The fourth-order valence-corrected chi connectivity index (χ4v) is 3.18. The van der Waals surface area contributed by atoms with E-state index in [1.54, 1.807) is 22.7 Å². The Morgan fingerprint density at radius 2 is 1.95 bits per heavy atom. The zero-order chi connectivity index (χ0) is 14.1. The summed E-state index contributed by atoms with van der Waals surface area (Å²) < 4.78 is 0. The van der Waals surface area contributed by atoms with Crippen molar-refractivity contribution in [1.29, 1.82) is 0 Å². The van der Waals surface area contributed by atoms with Crippen LogP contribution in [0, 0.1) is 0 Å². The lowest BCUT2D eigenvalue weighted by molar-refractivity contribution is -0.00519. The summed E-state index contributed by atoms with van der Waals surface area (Å²) in [4.78, 5) is 2.60. The number of thiophene rings is 2. The van der Waals surface area contributed by atoms with Gasteiger partial charge in [-0.1, -0.05) is 6.07 Å². The standard InChI is InChI=1S/C15H21NOS2/c1-14(2,15(3,4)17)16-9-12-8-11(10-19-12)13-6-5-7-18-13/h5-8,10,16-17H,9H2,1-4H3. The number of hydrogen-bond donors (Lipinski definition) is 2. The summed E-state index contributed by atoms with van der Waals surface area (Å²) in [7, 11) is 0. The highest BCUT2D eigenvalue weighted by molar-refractivity contribution is 7.14. The van der Waals surface area contributed by atoms with Gasteiger partial charge in [0.15, 0.2) is 0 Å². The van der Waals surface area contributed by atoms with Crippen molar-refractivity contribution in [1.82, 2.24) is 5.32 Å². The van der Waals surface area contributed by atoms with Crippen LogP contribution in [0.4, 0.5) is 0 Å². The van der Waals surface area contributed by atoms with Crippen molar-refractivity contribution in [2.24, 2.45) is 0 Å². The molecule has 2 heterocycles. The molecule has 0 aliphatic heterocycles. The van der Waals surface area contributed by atoms with Crippen molar-refractivity contribution in [3.05, 3.63) is 33.8 Å². The summed E-state index contributed by atoms with van der Waals surface area (Å²) in [5, 5.41) is 17.9. The first kappa shape index (κ1) is 14.7. The molecule has 0 atom stereocenters. The van der Waals surface area contributed by atoms with Gasteiger partial charge in [-0.05, 0) is 50.6 Å². The molecule has 2 aromatic heterocycles. The van der Waals surface area contributed by atoms with E-state index in [2.05, 4.69) is 34.3 Å². The monoisotopic (exact) mass is 295 g/mol. The molecule has 0 fully saturated rings. The third-order valence-electron chi connectivity index (χ3n) is 3.69. The van der Waals surface area contributed by atoms with Gasteiger partial charge < -0.3 is 10.4 Å². The molecule has 2 nitrogen and oxygen atoms in total. The molecule has 2 aromatic rings. The van der Waals surface area contributed by atoms with E-state index in [0.717, 1.165) is 6.54 Å². The highest BCUT2D eigenvalue weighted by atomic mass is 32.1. The first-order valence-corrected chi connectivity index (χ1v) is 8.14. The lowest BCUT2D eigenvalue weighted by Gasteiger charge is -2.38. The minimum absolute atomic E-state index is 0.319. The van der Waals surface area contributed by atoms with Crippen molar-refractivity contribution in [2.75, 3.05) is 0 Å². The fourth-order valence-electron chi connectivity index (χ4n) is 1.57. The molecule has 19 heavy (non-hydrogen) atoms. The fraction of sp³-hybridized carbons (Fsp3) is 0.467. The van der Waals surface area contributed by atoms with E-state index in [9.17, 15) is 5.11 Å². The number of aliphatic hydroxyl groups is 1. The van der Waals surface area contributed by atoms with Crippen LogP contribution in [-0.4, -0.2) is 16.2 Å². The van der Waals surface area contributed by atoms with Gasteiger partial charge in [0.05, 0.1) is 5.60 Å². The number of rotatable bonds is 5. The van der Waals surface area contributed by atoms with Crippen LogP contribution >= 0.6 is 22.7 Å². The Labute approximate surface area is 123 Å². The van der Waals surface area contributed by atoms with Gasteiger partial charge in [0.1, 0.15) is 0 Å². The van der Waals surface area contributed by atoms with Gasteiger partial charge in [-0.15, -0.1) is 22.7 Å². The Bertz CT molecular complexity index is 521. The maximum Gasteiger partial charge on any atom is 0.0767 e. The van der Waals surface area contributed by atoms with Crippen LogP contribution in [0.15, 0.2) is 29.0 Å². The van der Waals surface area contributed by atoms with Crippen LogP contribution in [0.3, 0.4) is 0 Å². The van der Waals surface area contributed by atoms with Crippen LogP contribution in [0.1, 0.15) is 32.6 Å². The van der Waals surface area contributed by atoms with Crippen molar-refractivity contribution in [3.8, 4) is 10.4 Å². The highest BCUT2D eigenvalue weighted by Gasteiger charge is 2.34. The Balaban J connectivity index is 2.02. The molecule has 104 valence electrons. The van der Waals surface area contributed by atoms with Gasteiger partial charge in [0, 0.05) is 27.4 Å². The minimum atomic E-state index is -0.749. The predicted octanol–water partition coefficient (Wildman–Crippen LogP) is 4.12. The SMILES string of the molecule is CC(C)(O)C(C)(C)NCc1cc(-c2cccs2)cs1. The maximum atomic E-state index is 10.1. The number of nitrogens with one attached hydrogen (secondary N) is 1. The van der Waals surface area contributed by atoms with Crippen molar-refractivity contribution in [3.63, 3.8) is 0 Å². The van der Waals surface area contributed by atoms with Crippen LogP contribution < -0.4 is 5.32 Å². The second-order valence-electron chi connectivity index (χ2n) is 5.82. The molecule has 0 unspecified atom stereocenters. The molecular formula is C15H21NOS2. The molecule has 2 rings (SSSR count). The van der Waals surface area contributed by atoms with Crippen molar-refractivity contribution < 1.29 is 5.11 Å². The molecule has 0 saturated heterocycles. The van der Waals surface area contributed by atoms with Gasteiger partial charge in [-0.3, -0.25) is 0 Å². The van der Waals surface area contributed by atoms with E-state index in [1.807, 2.05) is 27.7 Å². The Morgan fingerprint density at radius 3 is 2.53 bits per heavy atom. The summed E-state index contributed by atoms with van der Waals surface area (Å²) in [6, 6.07) is 6.45. The Hall–Kier alpha value is -0.680. The van der Waals surface area contributed by atoms with E-state index >= 15 is 0 Å². The van der Waals surface area contributed by atoms with Gasteiger partial charge in [-0.2, -0.15) is 0 Å². The van der Waals surface area contributed by atoms with Crippen LogP contribution in [0.25, 0.3) is 10.4 Å². The Morgan fingerprint density at radius 1 is 1.21 bits per heavy atom. The van der Waals surface area contributed by atoms with E-state index in [4.69, 9.17) is 0 Å². The highest BCUT2D eigenvalue weighted by Crippen LogP contribution is 2.30. The molecule has 0 saturated carbocycles. The topological polar surface area (TPSA) is 32.3 Å². The summed E-state index contributed by atoms with van der Waals surface area (Å²) >= 11 is 3.53.